The Labute approximate surface area is 223 Å². The Kier molecular flexibility index (Phi) is 7.71. The first-order chi connectivity index (χ1) is 17.7. The summed E-state index contributed by atoms with van der Waals surface area (Å²) in [4.78, 5) is 41.2. The van der Waals surface area contributed by atoms with Crippen molar-refractivity contribution in [3.8, 4) is 11.9 Å². The maximum atomic E-state index is 13.3. The zero-order chi connectivity index (χ0) is 26.7. The number of Topliss-reactive ketones (excluding diaryl/α,β-unsaturated/α-hetero) is 1. The number of thiocarbonyl (C=S) groups is 1. The summed E-state index contributed by atoms with van der Waals surface area (Å²) < 4.78 is 1.40. The number of nitrogens with zero attached hydrogens (tertiary/aromatic N) is 3. The largest absolute Gasteiger partial charge is 0.494 e. The molecule has 186 valence electrons. The lowest BCUT2D eigenvalue weighted by molar-refractivity contribution is -0.122. The van der Waals surface area contributed by atoms with Gasteiger partial charge in [-0.1, -0.05) is 84.6 Å². The molecule has 1 unspecified atom stereocenters. The number of ketones is 1. The molecule has 0 radical (unpaired) electrons. The van der Waals surface area contributed by atoms with Crippen molar-refractivity contribution in [1.29, 1.82) is 5.26 Å². The van der Waals surface area contributed by atoms with Gasteiger partial charge < -0.3 is 5.11 Å². The monoisotopic (exact) mass is 529 g/mol. The summed E-state index contributed by atoms with van der Waals surface area (Å²) in [7, 11) is 0. The van der Waals surface area contributed by atoms with Crippen LogP contribution in [0.5, 0.6) is 5.88 Å². The van der Waals surface area contributed by atoms with Crippen molar-refractivity contribution >= 4 is 46.1 Å². The van der Waals surface area contributed by atoms with Crippen LogP contribution in [-0.2, 0) is 4.79 Å². The number of benzene rings is 2. The normalized spacial score (nSPS) is 15.2. The second kappa shape index (κ2) is 10.9. The molecule has 1 amide bonds. The molecule has 2 aromatic carbocycles. The first kappa shape index (κ1) is 26.1. The SMILES string of the molecule is Cc1c(C(=O)CCN2C(=O)/C(=C/c3ccccc3)SC2=S)c(O)n(C(C)c2ccccc2)c(=O)c1C#N. The smallest absolute Gasteiger partial charge is 0.272 e. The Bertz CT molecular complexity index is 1520. The van der Waals surface area contributed by atoms with E-state index in [0.717, 1.165) is 27.5 Å². The minimum absolute atomic E-state index is 0.00373. The van der Waals surface area contributed by atoms with E-state index in [1.165, 1.54) is 11.8 Å². The molecular formula is C28H23N3O4S2. The van der Waals surface area contributed by atoms with Gasteiger partial charge >= 0.3 is 0 Å². The van der Waals surface area contributed by atoms with E-state index in [1.54, 1.807) is 37.3 Å². The number of hydrogen-bond donors (Lipinski definition) is 1. The molecular weight excluding hydrogens is 506 g/mol. The van der Waals surface area contributed by atoms with Crippen molar-refractivity contribution in [3.05, 3.63) is 104 Å². The highest BCUT2D eigenvalue weighted by Gasteiger charge is 2.33. The highest BCUT2D eigenvalue weighted by molar-refractivity contribution is 8.26. The molecule has 0 spiro atoms. The molecule has 3 aromatic rings. The van der Waals surface area contributed by atoms with Gasteiger partial charge in [0.2, 0.25) is 5.88 Å². The van der Waals surface area contributed by atoms with Crippen molar-refractivity contribution < 1.29 is 14.7 Å². The molecule has 1 N–H and O–H groups in total. The summed E-state index contributed by atoms with van der Waals surface area (Å²) in [5.41, 5.74) is 0.714. The number of carbonyl (C=O) groups excluding carboxylic acids is 2. The molecule has 7 nitrogen and oxygen atoms in total. The Hall–Kier alpha value is -4.00. The topological polar surface area (TPSA) is 103 Å². The van der Waals surface area contributed by atoms with E-state index in [0.29, 0.717) is 9.23 Å². The number of aromatic nitrogens is 1. The molecule has 37 heavy (non-hydrogen) atoms. The summed E-state index contributed by atoms with van der Waals surface area (Å²) in [6.07, 6.45) is 1.60. The zero-order valence-corrected chi connectivity index (χ0v) is 21.8. The van der Waals surface area contributed by atoms with Gasteiger partial charge in [0, 0.05) is 13.0 Å². The van der Waals surface area contributed by atoms with Gasteiger partial charge in [0.05, 0.1) is 16.5 Å². The Morgan fingerprint density at radius 2 is 1.76 bits per heavy atom. The van der Waals surface area contributed by atoms with E-state index in [2.05, 4.69) is 0 Å². The van der Waals surface area contributed by atoms with E-state index in [1.807, 2.05) is 42.5 Å². The molecule has 1 aromatic heterocycles. The summed E-state index contributed by atoms with van der Waals surface area (Å²) in [5, 5.41) is 20.7. The average Bonchev–Trinajstić information content (AvgIpc) is 3.15. The van der Waals surface area contributed by atoms with Crippen LogP contribution >= 0.6 is 24.0 Å². The van der Waals surface area contributed by atoms with Crippen LogP contribution in [0.25, 0.3) is 6.08 Å². The van der Waals surface area contributed by atoms with Crippen molar-refractivity contribution in [2.24, 2.45) is 0 Å². The van der Waals surface area contributed by atoms with Crippen LogP contribution in [0, 0.1) is 18.3 Å². The third-order valence-corrected chi connectivity index (χ3v) is 7.61. The summed E-state index contributed by atoms with van der Waals surface area (Å²) in [6, 6.07) is 19.6. The molecule has 1 fully saturated rings. The van der Waals surface area contributed by atoms with Gasteiger partial charge in [-0.15, -0.1) is 0 Å². The maximum absolute atomic E-state index is 13.3. The molecule has 2 heterocycles. The van der Waals surface area contributed by atoms with Crippen LogP contribution in [0.15, 0.2) is 70.4 Å². The Morgan fingerprint density at radius 3 is 2.38 bits per heavy atom. The van der Waals surface area contributed by atoms with Gasteiger partial charge in [-0.25, -0.2) is 0 Å². The number of amides is 1. The number of nitriles is 1. The molecule has 1 aliphatic heterocycles. The highest BCUT2D eigenvalue weighted by atomic mass is 32.2. The maximum Gasteiger partial charge on any atom is 0.272 e. The number of thioether (sulfide) groups is 1. The van der Waals surface area contributed by atoms with Crippen LogP contribution in [0.2, 0.25) is 0 Å². The van der Waals surface area contributed by atoms with Crippen molar-refractivity contribution in [2.45, 2.75) is 26.3 Å². The minimum atomic E-state index is -0.673. The van der Waals surface area contributed by atoms with E-state index in [4.69, 9.17) is 12.2 Å². The van der Waals surface area contributed by atoms with Gasteiger partial charge in [0.15, 0.2) is 5.78 Å². The minimum Gasteiger partial charge on any atom is -0.494 e. The van der Waals surface area contributed by atoms with E-state index >= 15 is 0 Å². The molecule has 0 saturated carbocycles. The van der Waals surface area contributed by atoms with Crippen LogP contribution < -0.4 is 5.56 Å². The van der Waals surface area contributed by atoms with Gasteiger partial charge in [0.1, 0.15) is 16.0 Å². The highest BCUT2D eigenvalue weighted by Crippen LogP contribution is 2.33. The standard InChI is InChI=1S/C28H23N3O4S2/c1-17-21(16-29)25(33)31(18(2)20-11-7-4-8-12-20)27(35)24(17)22(32)13-14-30-26(34)23(37-28(30)36)15-19-9-5-3-6-10-19/h3-12,15,18,35H,13-14H2,1-2H3/b23-15-. The molecule has 9 heteroatoms. The number of carbonyl (C=O) groups is 2. The van der Waals surface area contributed by atoms with Crippen LogP contribution in [0.1, 0.15) is 52.0 Å². The first-order valence-corrected chi connectivity index (χ1v) is 12.7. The van der Waals surface area contributed by atoms with Crippen LogP contribution in [0.3, 0.4) is 0 Å². The summed E-state index contributed by atoms with van der Waals surface area (Å²) in [5.74, 6) is -1.30. The number of rotatable bonds is 7. The fraction of sp³-hybridized carbons (Fsp3) is 0.179. The number of pyridine rings is 1. The second-order valence-electron chi connectivity index (χ2n) is 8.49. The molecule has 1 saturated heterocycles. The fourth-order valence-corrected chi connectivity index (χ4v) is 5.54. The lowest BCUT2D eigenvalue weighted by Crippen LogP contribution is -2.32. The summed E-state index contributed by atoms with van der Waals surface area (Å²) in [6.45, 7) is 3.18. The predicted molar refractivity (Wildman–Crippen MR) is 147 cm³/mol. The molecule has 1 atom stereocenters. The predicted octanol–water partition coefficient (Wildman–Crippen LogP) is 4.82. The lowest BCUT2D eigenvalue weighted by atomic mass is 9.98. The van der Waals surface area contributed by atoms with Gasteiger partial charge in [0.25, 0.3) is 11.5 Å². The first-order valence-electron chi connectivity index (χ1n) is 11.5. The van der Waals surface area contributed by atoms with Crippen molar-refractivity contribution in [3.63, 3.8) is 0 Å². The summed E-state index contributed by atoms with van der Waals surface area (Å²) >= 11 is 6.54. The third kappa shape index (κ3) is 5.12. The third-order valence-electron chi connectivity index (χ3n) is 6.23. The molecule has 0 aliphatic carbocycles. The van der Waals surface area contributed by atoms with Gasteiger partial charge in [-0.2, -0.15) is 5.26 Å². The zero-order valence-electron chi connectivity index (χ0n) is 20.2. The second-order valence-corrected chi connectivity index (χ2v) is 10.2. The Morgan fingerprint density at radius 1 is 1.14 bits per heavy atom. The van der Waals surface area contributed by atoms with Crippen LogP contribution in [0.4, 0.5) is 0 Å². The van der Waals surface area contributed by atoms with E-state index < -0.39 is 23.3 Å². The van der Waals surface area contributed by atoms with Gasteiger partial charge in [-0.05, 0) is 36.6 Å². The van der Waals surface area contributed by atoms with E-state index in [9.17, 15) is 24.8 Å². The molecule has 4 rings (SSSR count). The van der Waals surface area contributed by atoms with Crippen molar-refractivity contribution in [2.75, 3.05) is 6.54 Å². The van der Waals surface area contributed by atoms with Gasteiger partial charge in [-0.3, -0.25) is 23.9 Å². The lowest BCUT2D eigenvalue weighted by Gasteiger charge is -2.21. The molecule has 1 aliphatic rings. The quantitative estimate of drug-likeness (QED) is 0.266. The number of hydrogen-bond acceptors (Lipinski definition) is 7. The number of aromatic hydroxyl groups is 1. The fourth-order valence-electron chi connectivity index (χ4n) is 4.23. The van der Waals surface area contributed by atoms with E-state index in [-0.39, 0.29) is 35.6 Å². The average molecular weight is 530 g/mol. The van der Waals surface area contributed by atoms with Crippen LogP contribution in [-0.4, -0.2) is 37.1 Å². The Balaban J connectivity index is 1.62. The van der Waals surface area contributed by atoms with Crippen molar-refractivity contribution in [1.82, 2.24) is 9.47 Å². The molecule has 0 bridgehead atoms.